The molecule has 0 spiro atoms. The van der Waals surface area contributed by atoms with Crippen LogP contribution in [0.3, 0.4) is 0 Å². The van der Waals surface area contributed by atoms with Crippen LogP contribution < -0.4 is 5.32 Å². The van der Waals surface area contributed by atoms with Gasteiger partial charge in [0.1, 0.15) is 11.6 Å². The molecule has 4 nitrogen and oxygen atoms in total. The summed E-state index contributed by atoms with van der Waals surface area (Å²) in [7, 11) is 0. The third-order valence-electron chi connectivity index (χ3n) is 5.22. The maximum atomic E-state index is 4.40. The second-order valence-corrected chi connectivity index (χ2v) is 7.55. The second kappa shape index (κ2) is 6.47. The first kappa shape index (κ1) is 15.0. The van der Waals surface area contributed by atoms with Crippen molar-refractivity contribution in [2.75, 3.05) is 6.54 Å². The summed E-state index contributed by atoms with van der Waals surface area (Å²) in [5.41, 5.74) is 0.541. The van der Waals surface area contributed by atoms with Crippen molar-refractivity contribution in [1.29, 1.82) is 0 Å². The molecule has 118 valence electrons. The normalized spacial score (nSPS) is 20.9. The molecule has 0 saturated heterocycles. The minimum Gasteiger partial charge on any atom is -0.314 e. The van der Waals surface area contributed by atoms with E-state index in [0.717, 1.165) is 37.8 Å². The van der Waals surface area contributed by atoms with Crippen molar-refractivity contribution >= 4 is 0 Å². The van der Waals surface area contributed by atoms with E-state index in [1.165, 1.54) is 50.8 Å². The molecule has 1 aliphatic carbocycles. The lowest BCUT2D eigenvalue weighted by molar-refractivity contribution is 0.222. The van der Waals surface area contributed by atoms with Crippen LogP contribution in [0.25, 0.3) is 0 Å². The minimum absolute atomic E-state index is 0.541. The molecule has 2 aliphatic rings. The first-order valence-corrected chi connectivity index (χ1v) is 8.80. The monoisotopic (exact) mass is 290 g/mol. The minimum atomic E-state index is 0.541. The Morgan fingerprint density at radius 2 is 1.95 bits per heavy atom. The van der Waals surface area contributed by atoms with Crippen LogP contribution >= 0.6 is 0 Å². The first-order chi connectivity index (χ1) is 10.2. The largest absolute Gasteiger partial charge is 0.314 e. The van der Waals surface area contributed by atoms with E-state index in [2.05, 4.69) is 33.9 Å². The van der Waals surface area contributed by atoms with Crippen LogP contribution in [0.1, 0.15) is 70.4 Å². The number of hydrogen-bond donors (Lipinski definition) is 1. The topological polar surface area (TPSA) is 42.7 Å². The summed E-state index contributed by atoms with van der Waals surface area (Å²) in [6, 6.07) is 0. The molecule has 0 amide bonds. The van der Waals surface area contributed by atoms with E-state index in [0.29, 0.717) is 5.41 Å². The van der Waals surface area contributed by atoms with Crippen molar-refractivity contribution in [3.8, 4) is 0 Å². The van der Waals surface area contributed by atoms with Crippen molar-refractivity contribution in [2.45, 2.75) is 78.3 Å². The molecule has 21 heavy (non-hydrogen) atoms. The number of aryl methyl sites for hydroxylation is 1. The van der Waals surface area contributed by atoms with Gasteiger partial charge in [0.15, 0.2) is 0 Å². The molecule has 1 saturated carbocycles. The Kier molecular flexibility index (Phi) is 4.63. The van der Waals surface area contributed by atoms with Gasteiger partial charge in [0, 0.05) is 19.5 Å². The number of aromatic nitrogens is 3. The van der Waals surface area contributed by atoms with Gasteiger partial charge in [-0.3, -0.25) is 0 Å². The molecule has 1 N–H and O–H groups in total. The molecule has 0 radical (unpaired) electrons. The Labute approximate surface area is 128 Å². The van der Waals surface area contributed by atoms with Crippen molar-refractivity contribution in [3.05, 3.63) is 11.6 Å². The number of nitrogens with one attached hydrogen (secondary N) is 1. The van der Waals surface area contributed by atoms with Gasteiger partial charge in [0.25, 0.3) is 0 Å². The predicted molar refractivity (Wildman–Crippen MR) is 85.0 cm³/mol. The molecule has 0 bridgehead atoms. The highest BCUT2D eigenvalue weighted by Crippen LogP contribution is 2.42. The highest BCUT2D eigenvalue weighted by Gasteiger charge is 2.34. The maximum Gasteiger partial charge on any atom is 0.147 e. The van der Waals surface area contributed by atoms with Crippen LogP contribution in [-0.2, 0) is 19.5 Å². The highest BCUT2D eigenvalue weighted by molar-refractivity contribution is 4.99. The van der Waals surface area contributed by atoms with Crippen molar-refractivity contribution < 1.29 is 0 Å². The van der Waals surface area contributed by atoms with E-state index >= 15 is 0 Å². The number of nitrogens with zero attached hydrogens (tertiary/aromatic N) is 3. The quantitative estimate of drug-likeness (QED) is 0.874. The van der Waals surface area contributed by atoms with Crippen LogP contribution in [0, 0.1) is 11.3 Å². The fourth-order valence-electron chi connectivity index (χ4n) is 4.38. The zero-order chi connectivity index (χ0) is 14.7. The summed E-state index contributed by atoms with van der Waals surface area (Å²) in [6.07, 6.45) is 10.6. The van der Waals surface area contributed by atoms with Gasteiger partial charge in [-0.1, -0.05) is 26.7 Å². The molecule has 1 fully saturated rings. The molecule has 1 aromatic rings. The molecule has 0 unspecified atom stereocenters. The van der Waals surface area contributed by atoms with E-state index in [-0.39, 0.29) is 0 Å². The van der Waals surface area contributed by atoms with Crippen molar-refractivity contribution in [3.63, 3.8) is 0 Å². The zero-order valence-electron chi connectivity index (χ0n) is 13.7. The van der Waals surface area contributed by atoms with E-state index in [1.807, 2.05) is 0 Å². The molecule has 1 aliphatic heterocycles. The Morgan fingerprint density at radius 3 is 2.71 bits per heavy atom. The van der Waals surface area contributed by atoms with E-state index in [4.69, 9.17) is 0 Å². The van der Waals surface area contributed by atoms with Crippen LogP contribution in [0.15, 0.2) is 0 Å². The molecular formula is C17H30N4. The summed E-state index contributed by atoms with van der Waals surface area (Å²) in [5, 5.41) is 12.4. The number of hydrogen-bond acceptors (Lipinski definition) is 3. The Balaban J connectivity index is 1.56. The van der Waals surface area contributed by atoms with E-state index in [1.54, 1.807) is 0 Å². The molecule has 2 heterocycles. The fourth-order valence-corrected chi connectivity index (χ4v) is 4.38. The summed E-state index contributed by atoms with van der Waals surface area (Å²) in [6.45, 7) is 7.85. The van der Waals surface area contributed by atoms with Gasteiger partial charge in [-0.2, -0.15) is 0 Å². The van der Waals surface area contributed by atoms with E-state index in [9.17, 15) is 0 Å². The lowest BCUT2D eigenvalue weighted by Gasteiger charge is -2.31. The highest BCUT2D eigenvalue weighted by atomic mass is 15.3. The molecule has 1 aromatic heterocycles. The average molecular weight is 290 g/mol. The summed E-state index contributed by atoms with van der Waals surface area (Å²) < 4.78 is 2.33. The van der Waals surface area contributed by atoms with Crippen LogP contribution in [0.5, 0.6) is 0 Å². The van der Waals surface area contributed by atoms with Gasteiger partial charge >= 0.3 is 0 Å². The van der Waals surface area contributed by atoms with Gasteiger partial charge in [-0.05, 0) is 43.4 Å². The summed E-state index contributed by atoms with van der Waals surface area (Å²) >= 11 is 0. The predicted octanol–water partition coefficient (Wildman–Crippen LogP) is 3.31. The molecule has 0 aromatic carbocycles. The van der Waals surface area contributed by atoms with Gasteiger partial charge < -0.3 is 9.88 Å². The molecule has 3 rings (SSSR count). The van der Waals surface area contributed by atoms with Crippen LogP contribution in [-0.4, -0.2) is 21.3 Å². The standard InChI is InChI=1S/C17H30N4/c1-14(2)11-17(8-4-5-9-17)13-18-12-16-20-19-15-7-3-6-10-21(15)16/h14,18H,3-13H2,1-2H3. The lowest BCUT2D eigenvalue weighted by atomic mass is 9.78. The van der Waals surface area contributed by atoms with Gasteiger partial charge in [0.05, 0.1) is 6.54 Å². The Morgan fingerprint density at radius 1 is 1.14 bits per heavy atom. The summed E-state index contributed by atoms with van der Waals surface area (Å²) in [4.78, 5) is 0. The zero-order valence-corrected chi connectivity index (χ0v) is 13.7. The molecule has 4 heteroatoms. The average Bonchev–Trinajstić information content (AvgIpc) is 3.06. The number of fused-ring (bicyclic) bond motifs is 1. The van der Waals surface area contributed by atoms with Crippen LogP contribution in [0.4, 0.5) is 0 Å². The Bertz CT molecular complexity index is 457. The SMILES string of the molecule is CC(C)CC1(CNCc2nnc3n2CCCC3)CCCC1. The van der Waals surface area contributed by atoms with E-state index < -0.39 is 0 Å². The molecule has 0 atom stereocenters. The smallest absolute Gasteiger partial charge is 0.147 e. The van der Waals surface area contributed by atoms with Gasteiger partial charge in [0.2, 0.25) is 0 Å². The van der Waals surface area contributed by atoms with Crippen molar-refractivity contribution in [1.82, 2.24) is 20.1 Å². The third-order valence-corrected chi connectivity index (χ3v) is 5.22. The first-order valence-electron chi connectivity index (χ1n) is 8.80. The second-order valence-electron chi connectivity index (χ2n) is 7.55. The molecular weight excluding hydrogens is 260 g/mol. The fraction of sp³-hybridized carbons (Fsp3) is 0.882. The maximum absolute atomic E-state index is 4.40. The lowest BCUT2D eigenvalue weighted by Crippen LogP contribution is -2.33. The van der Waals surface area contributed by atoms with Gasteiger partial charge in [-0.15, -0.1) is 10.2 Å². The number of rotatable bonds is 6. The Hall–Kier alpha value is -0.900. The summed E-state index contributed by atoms with van der Waals surface area (Å²) in [5.74, 6) is 3.13. The van der Waals surface area contributed by atoms with Crippen molar-refractivity contribution in [2.24, 2.45) is 11.3 Å². The third kappa shape index (κ3) is 3.47. The van der Waals surface area contributed by atoms with Crippen LogP contribution in [0.2, 0.25) is 0 Å². The van der Waals surface area contributed by atoms with Gasteiger partial charge in [-0.25, -0.2) is 0 Å².